The molecule has 84 valence electrons. The molecule has 0 aliphatic carbocycles. The molecule has 0 bridgehead atoms. The van der Waals surface area contributed by atoms with Crippen LogP contribution in [0.15, 0.2) is 5.16 Å². The van der Waals surface area contributed by atoms with Gasteiger partial charge in [0.15, 0.2) is 0 Å². The molecule has 4 N–H and O–H groups in total. The number of amidine groups is 1. The number of hydrogen-bond acceptors (Lipinski definition) is 4. The lowest BCUT2D eigenvalue weighted by atomic mass is 10.3. The van der Waals surface area contributed by atoms with Crippen LogP contribution in [0.3, 0.4) is 0 Å². The number of hydrogen-bond donors (Lipinski definition) is 3. The van der Waals surface area contributed by atoms with Crippen LogP contribution in [0.4, 0.5) is 0 Å². The Bertz CT molecular complexity index is 161. The summed E-state index contributed by atoms with van der Waals surface area (Å²) in [6.07, 6.45) is 1.55. The Labute approximate surface area is 86.0 Å². The molecule has 5 heteroatoms. The molecule has 0 saturated carbocycles. The largest absolute Gasteiger partial charge is 0.409 e. The molecule has 0 aromatic carbocycles. The molecule has 0 spiro atoms. The van der Waals surface area contributed by atoms with E-state index in [1.165, 1.54) is 0 Å². The molecule has 0 aromatic rings. The number of nitrogens with one attached hydrogen (secondary N) is 1. The molecule has 0 saturated heterocycles. The van der Waals surface area contributed by atoms with Gasteiger partial charge in [0.25, 0.3) is 0 Å². The summed E-state index contributed by atoms with van der Waals surface area (Å²) in [6.45, 7) is 6.17. The minimum atomic E-state index is 0.303. The van der Waals surface area contributed by atoms with Crippen molar-refractivity contribution in [1.29, 1.82) is 0 Å². The average Bonchev–Trinajstić information content (AvgIpc) is 2.22. The molecule has 0 unspecified atom stereocenters. The van der Waals surface area contributed by atoms with Gasteiger partial charge in [-0.3, -0.25) is 0 Å². The Hall–Kier alpha value is -0.810. The zero-order valence-corrected chi connectivity index (χ0v) is 9.16. The summed E-state index contributed by atoms with van der Waals surface area (Å²) in [4.78, 5) is 2.25. The van der Waals surface area contributed by atoms with E-state index in [0.717, 1.165) is 32.6 Å². The van der Waals surface area contributed by atoms with Gasteiger partial charge >= 0.3 is 0 Å². The van der Waals surface area contributed by atoms with Crippen molar-refractivity contribution in [3.8, 4) is 0 Å². The molecule has 5 nitrogen and oxygen atoms in total. The number of nitrogens with zero attached hydrogens (tertiary/aromatic N) is 2. The fourth-order valence-electron chi connectivity index (χ4n) is 0.998. The molecule has 0 aromatic heterocycles. The first-order valence-corrected chi connectivity index (χ1v) is 5.06. The number of oxime groups is 1. The summed E-state index contributed by atoms with van der Waals surface area (Å²) < 4.78 is 0. The summed E-state index contributed by atoms with van der Waals surface area (Å²) in [5, 5.41) is 14.5. The van der Waals surface area contributed by atoms with Gasteiger partial charge < -0.3 is 21.2 Å². The van der Waals surface area contributed by atoms with E-state index in [-0.39, 0.29) is 0 Å². The first-order valence-electron chi connectivity index (χ1n) is 5.06. The van der Waals surface area contributed by atoms with Crippen molar-refractivity contribution < 1.29 is 5.21 Å². The average molecular weight is 202 g/mol. The number of likely N-dealkylation sites (N-methyl/N-ethyl adjacent to an activating group) is 1. The highest BCUT2D eigenvalue weighted by molar-refractivity contribution is 5.79. The maximum Gasteiger partial charge on any atom is 0.139 e. The standard InChI is InChI=1S/C9H22N4O/c1-3-13(2)8-7-11-6-4-5-9(10)12-14/h11,14H,3-8H2,1-2H3,(H2,10,12). The predicted octanol–water partition coefficient (Wildman–Crippen LogP) is 0.0543. The van der Waals surface area contributed by atoms with Crippen molar-refractivity contribution >= 4 is 5.84 Å². The van der Waals surface area contributed by atoms with Crippen molar-refractivity contribution in [3.63, 3.8) is 0 Å². The second-order valence-corrected chi connectivity index (χ2v) is 3.34. The molecule has 0 aliphatic heterocycles. The smallest absolute Gasteiger partial charge is 0.139 e. The van der Waals surface area contributed by atoms with Crippen LogP contribution < -0.4 is 11.1 Å². The Morgan fingerprint density at radius 2 is 2.21 bits per heavy atom. The van der Waals surface area contributed by atoms with E-state index in [1.807, 2.05) is 0 Å². The van der Waals surface area contributed by atoms with Crippen LogP contribution in [0.5, 0.6) is 0 Å². The third kappa shape index (κ3) is 7.82. The Morgan fingerprint density at radius 1 is 1.50 bits per heavy atom. The van der Waals surface area contributed by atoms with E-state index in [0.29, 0.717) is 12.3 Å². The van der Waals surface area contributed by atoms with Crippen LogP contribution in [0, 0.1) is 0 Å². The van der Waals surface area contributed by atoms with Crippen molar-refractivity contribution in [3.05, 3.63) is 0 Å². The van der Waals surface area contributed by atoms with E-state index < -0.39 is 0 Å². The lowest BCUT2D eigenvalue weighted by Gasteiger charge is -2.13. The Morgan fingerprint density at radius 3 is 2.79 bits per heavy atom. The van der Waals surface area contributed by atoms with Crippen molar-refractivity contribution in [2.45, 2.75) is 19.8 Å². The van der Waals surface area contributed by atoms with Gasteiger partial charge in [0.05, 0.1) is 0 Å². The molecule has 0 aliphatic rings. The molecule has 0 heterocycles. The fraction of sp³-hybridized carbons (Fsp3) is 0.889. The van der Waals surface area contributed by atoms with Gasteiger partial charge in [-0.1, -0.05) is 12.1 Å². The minimum absolute atomic E-state index is 0.303. The number of nitrogens with two attached hydrogens (primary N) is 1. The van der Waals surface area contributed by atoms with Crippen LogP contribution in [0.25, 0.3) is 0 Å². The lowest BCUT2D eigenvalue weighted by molar-refractivity contribution is 0.316. The highest BCUT2D eigenvalue weighted by Gasteiger charge is 1.95. The first-order chi connectivity index (χ1) is 6.70. The maximum absolute atomic E-state index is 8.28. The zero-order chi connectivity index (χ0) is 10.8. The van der Waals surface area contributed by atoms with Gasteiger partial charge in [-0.05, 0) is 26.6 Å². The molecule has 0 rings (SSSR count). The Balaban J connectivity index is 3.14. The van der Waals surface area contributed by atoms with Crippen molar-refractivity contribution in [2.75, 3.05) is 33.2 Å². The normalized spacial score (nSPS) is 12.4. The van der Waals surface area contributed by atoms with E-state index in [1.54, 1.807) is 0 Å². The van der Waals surface area contributed by atoms with E-state index >= 15 is 0 Å². The second-order valence-electron chi connectivity index (χ2n) is 3.34. The quantitative estimate of drug-likeness (QED) is 0.171. The SMILES string of the molecule is CCN(C)CCNCCCC(N)=NO. The molecule has 14 heavy (non-hydrogen) atoms. The van der Waals surface area contributed by atoms with Crippen molar-refractivity contribution in [2.24, 2.45) is 10.9 Å². The minimum Gasteiger partial charge on any atom is -0.409 e. The van der Waals surface area contributed by atoms with Crippen molar-refractivity contribution in [1.82, 2.24) is 10.2 Å². The van der Waals surface area contributed by atoms with Gasteiger partial charge in [0, 0.05) is 19.5 Å². The fourth-order valence-corrected chi connectivity index (χ4v) is 0.998. The summed E-state index contributed by atoms with van der Waals surface area (Å²) in [5.74, 6) is 0.303. The molecule has 0 fully saturated rings. The van der Waals surface area contributed by atoms with Crippen LogP contribution in [-0.4, -0.2) is 49.2 Å². The monoisotopic (exact) mass is 202 g/mol. The maximum atomic E-state index is 8.28. The zero-order valence-electron chi connectivity index (χ0n) is 9.16. The van der Waals surface area contributed by atoms with Gasteiger partial charge in [-0.2, -0.15) is 0 Å². The molecular formula is C9H22N4O. The van der Waals surface area contributed by atoms with Crippen LogP contribution in [0.1, 0.15) is 19.8 Å². The topological polar surface area (TPSA) is 73.9 Å². The second kappa shape index (κ2) is 8.77. The van der Waals surface area contributed by atoms with Crippen LogP contribution in [-0.2, 0) is 0 Å². The van der Waals surface area contributed by atoms with E-state index in [4.69, 9.17) is 10.9 Å². The summed E-state index contributed by atoms with van der Waals surface area (Å²) in [5.41, 5.74) is 5.32. The van der Waals surface area contributed by atoms with Crippen LogP contribution in [0.2, 0.25) is 0 Å². The summed E-state index contributed by atoms with van der Waals surface area (Å²) in [7, 11) is 2.10. The third-order valence-corrected chi connectivity index (χ3v) is 2.13. The van der Waals surface area contributed by atoms with E-state index in [2.05, 4.69) is 29.3 Å². The Kier molecular flexibility index (Phi) is 8.27. The van der Waals surface area contributed by atoms with Gasteiger partial charge in [-0.15, -0.1) is 0 Å². The molecule has 0 amide bonds. The number of rotatable bonds is 8. The highest BCUT2D eigenvalue weighted by atomic mass is 16.4. The summed E-state index contributed by atoms with van der Waals surface area (Å²) >= 11 is 0. The molecular weight excluding hydrogens is 180 g/mol. The van der Waals surface area contributed by atoms with Gasteiger partial charge in [0.2, 0.25) is 0 Å². The predicted molar refractivity (Wildman–Crippen MR) is 58.7 cm³/mol. The van der Waals surface area contributed by atoms with Crippen LogP contribution >= 0.6 is 0 Å². The third-order valence-electron chi connectivity index (χ3n) is 2.13. The molecule has 0 radical (unpaired) electrons. The molecule has 0 atom stereocenters. The lowest BCUT2D eigenvalue weighted by Crippen LogP contribution is -2.29. The van der Waals surface area contributed by atoms with Gasteiger partial charge in [0.1, 0.15) is 5.84 Å². The van der Waals surface area contributed by atoms with Gasteiger partial charge in [-0.25, -0.2) is 0 Å². The first kappa shape index (κ1) is 13.2. The summed E-state index contributed by atoms with van der Waals surface area (Å²) in [6, 6.07) is 0. The van der Waals surface area contributed by atoms with E-state index in [9.17, 15) is 0 Å². The highest BCUT2D eigenvalue weighted by Crippen LogP contribution is 1.86.